The minimum atomic E-state index is -0.289. The van der Waals surface area contributed by atoms with E-state index < -0.39 is 0 Å². The second-order valence-electron chi connectivity index (χ2n) is 4.51. The molecule has 0 bridgehead atoms. The standard InChI is InChI=1S/C15H7FN4S2/c16-10-5-3-9(4-6-10)14-19-20-11(8-17)13(18-15(20)22-14)12-2-1-7-21-12/h1-7H. The fourth-order valence-electron chi connectivity index (χ4n) is 2.14. The van der Waals surface area contributed by atoms with Crippen molar-refractivity contribution >= 4 is 27.6 Å². The van der Waals surface area contributed by atoms with Crippen LogP contribution in [-0.4, -0.2) is 14.6 Å². The largest absolute Gasteiger partial charge is 0.215 e. The molecule has 106 valence electrons. The van der Waals surface area contributed by atoms with Crippen LogP contribution in [0.1, 0.15) is 5.69 Å². The first-order chi connectivity index (χ1) is 10.8. The number of hydrogen-bond donors (Lipinski definition) is 0. The van der Waals surface area contributed by atoms with E-state index in [0.717, 1.165) is 10.4 Å². The fraction of sp³-hybridized carbons (Fsp3) is 0. The van der Waals surface area contributed by atoms with Crippen LogP contribution >= 0.6 is 22.7 Å². The van der Waals surface area contributed by atoms with Gasteiger partial charge in [0.2, 0.25) is 4.96 Å². The van der Waals surface area contributed by atoms with Crippen molar-refractivity contribution in [3.63, 3.8) is 0 Å². The lowest BCUT2D eigenvalue weighted by atomic mass is 10.2. The van der Waals surface area contributed by atoms with Crippen LogP contribution in [0.3, 0.4) is 0 Å². The lowest BCUT2D eigenvalue weighted by Crippen LogP contribution is -1.90. The highest BCUT2D eigenvalue weighted by atomic mass is 32.1. The maximum Gasteiger partial charge on any atom is 0.214 e. The molecule has 4 rings (SSSR count). The van der Waals surface area contributed by atoms with E-state index in [4.69, 9.17) is 0 Å². The van der Waals surface area contributed by atoms with Crippen LogP contribution in [0.4, 0.5) is 4.39 Å². The quantitative estimate of drug-likeness (QED) is 0.555. The van der Waals surface area contributed by atoms with Crippen LogP contribution in [0.5, 0.6) is 0 Å². The van der Waals surface area contributed by atoms with E-state index in [0.29, 0.717) is 21.4 Å². The highest BCUT2D eigenvalue weighted by Gasteiger charge is 2.18. The Morgan fingerprint density at radius 3 is 2.68 bits per heavy atom. The number of nitrogens with zero attached hydrogens (tertiary/aromatic N) is 4. The Morgan fingerprint density at radius 2 is 2.00 bits per heavy atom. The number of rotatable bonds is 2. The van der Waals surface area contributed by atoms with E-state index in [9.17, 15) is 9.65 Å². The molecule has 4 nitrogen and oxygen atoms in total. The number of benzene rings is 1. The molecule has 0 N–H and O–H groups in total. The fourth-order valence-corrected chi connectivity index (χ4v) is 3.76. The predicted octanol–water partition coefficient (Wildman–Crippen LogP) is 4.20. The molecular formula is C15H7FN4S2. The van der Waals surface area contributed by atoms with Crippen molar-refractivity contribution in [1.29, 1.82) is 5.26 Å². The molecule has 0 spiro atoms. The maximum absolute atomic E-state index is 13.0. The third-order valence-corrected chi connectivity index (χ3v) is 4.99. The van der Waals surface area contributed by atoms with Gasteiger partial charge in [-0.1, -0.05) is 17.4 Å². The number of fused-ring (bicyclic) bond motifs is 1. The first kappa shape index (κ1) is 13.1. The molecular weight excluding hydrogens is 319 g/mol. The minimum absolute atomic E-state index is 0.289. The molecule has 7 heteroatoms. The summed E-state index contributed by atoms with van der Waals surface area (Å²) in [7, 11) is 0. The van der Waals surface area contributed by atoms with E-state index in [1.165, 1.54) is 34.8 Å². The summed E-state index contributed by atoms with van der Waals surface area (Å²) in [6, 6.07) is 12.1. The second-order valence-corrected chi connectivity index (χ2v) is 6.41. The van der Waals surface area contributed by atoms with E-state index in [2.05, 4.69) is 16.2 Å². The molecule has 22 heavy (non-hydrogen) atoms. The number of thiophene rings is 1. The average molecular weight is 326 g/mol. The molecule has 0 atom stereocenters. The lowest BCUT2D eigenvalue weighted by molar-refractivity contribution is 0.628. The number of hydrogen-bond acceptors (Lipinski definition) is 5. The van der Waals surface area contributed by atoms with Crippen LogP contribution in [0.25, 0.3) is 26.1 Å². The van der Waals surface area contributed by atoms with Gasteiger partial charge in [-0.3, -0.25) is 0 Å². The van der Waals surface area contributed by atoms with Gasteiger partial charge in [-0.25, -0.2) is 9.37 Å². The number of halogens is 1. The van der Waals surface area contributed by atoms with Crippen molar-refractivity contribution in [3.05, 3.63) is 53.3 Å². The summed E-state index contributed by atoms with van der Waals surface area (Å²) >= 11 is 2.91. The van der Waals surface area contributed by atoms with Gasteiger partial charge in [0.15, 0.2) is 5.69 Å². The normalized spacial score (nSPS) is 10.9. The molecule has 0 radical (unpaired) electrons. The summed E-state index contributed by atoms with van der Waals surface area (Å²) in [6.07, 6.45) is 0. The highest BCUT2D eigenvalue weighted by molar-refractivity contribution is 7.20. The SMILES string of the molecule is N#Cc1c(-c2cccs2)nc2sc(-c3ccc(F)cc3)nn12. The average Bonchev–Trinajstić information content (AvgIpc) is 3.22. The zero-order valence-corrected chi connectivity index (χ0v) is 12.7. The highest BCUT2D eigenvalue weighted by Crippen LogP contribution is 2.32. The topological polar surface area (TPSA) is 54.0 Å². The van der Waals surface area contributed by atoms with Crippen molar-refractivity contribution in [1.82, 2.24) is 14.6 Å². The van der Waals surface area contributed by atoms with Crippen molar-refractivity contribution < 1.29 is 4.39 Å². The molecule has 0 unspecified atom stereocenters. The summed E-state index contributed by atoms with van der Waals surface area (Å²) in [4.78, 5) is 6.12. The zero-order chi connectivity index (χ0) is 15.1. The van der Waals surface area contributed by atoms with Crippen LogP contribution in [0, 0.1) is 17.1 Å². The second kappa shape index (κ2) is 5.02. The maximum atomic E-state index is 13.0. The van der Waals surface area contributed by atoms with Gasteiger partial charge in [0.25, 0.3) is 0 Å². The number of imidazole rings is 1. The number of aromatic nitrogens is 3. The third kappa shape index (κ3) is 2.01. The van der Waals surface area contributed by atoms with E-state index >= 15 is 0 Å². The van der Waals surface area contributed by atoms with Gasteiger partial charge in [-0.15, -0.1) is 11.3 Å². The van der Waals surface area contributed by atoms with Crippen molar-refractivity contribution in [2.45, 2.75) is 0 Å². The summed E-state index contributed by atoms with van der Waals surface area (Å²) in [5.41, 5.74) is 1.88. The van der Waals surface area contributed by atoms with E-state index in [1.807, 2.05) is 17.5 Å². The van der Waals surface area contributed by atoms with Gasteiger partial charge in [0, 0.05) is 5.56 Å². The van der Waals surface area contributed by atoms with Crippen molar-refractivity contribution in [2.24, 2.45) is 0 Å². The number of nitriles is 1. The Balaban J connectivity index is 1.88. The Labute approximate surface area is 132 Å². The molecule has 0 aliphatic heterocycles. The molecule has 0 saturated heterocycles. The Kier molecular flexibility index (Phi) is 2.99. The van der Waals surface area contributed by atoms with E-state index in [-0.39, 0.29) is 5.82 Å². The molecule has 3 heterocycles. The molecule has 3 aromatic heterocycles. The first-order valence-electron chi connectivity index (χ1n) is 6.36. The molecule has 0 fully saturated rings. The molecule has 1 aromatic carbocycles. The summed E-state index contributed by atoms with van der Waals surface area (Å²) in [6.45, 7) is 0. The van der Waals surface area contributed by atoms with Gasteiger partial charge in [0.05, 0.1) is 4.88 Å². The molecule has 0 amide bonds. The van der Waals surface area contributed by atoms with Gasteiger partial charge in [-0.05, 0) is 35.7 Å². The van der Waals surface area contributed by atoms with Gasteiger partial charge in [-0.2, -0.15) is 14.9 Å². The van der Waals surface area contributed by atoms with Gasteiger partial charge >= 0.3 is 0 Å². The van der Waals surface area contributed by atoms with Crippen molar-refractivity contribution in [2.75, 3.05) is 0 Å². The summed E-state index contributed by atoms with van der Waals surface area (Å²) < 4.78 is 14.6. The molecule has 0 aliphatic rings. The molecule has 0 aliphatic carbocycles. The van der Waals surface area contributed by atoms with Crippen LogP contribution in [0.15, 0.2) is 41.8 Å². The first-order valence-corrected chi connectivity index (χ1v) is 8.05. The van der Waals surface area contributed by atoms with Gasteiger partial charge < -0.3 is 0 Å². The molecule has 0 saturated carbocycles. The monoisotopic (exact) mass is 326 g/mol. The summed E-state index contributed by atoms with van der Waals surface area (Å²) in [5.74, 6) is -0.289. The third-order valence-electron chi connectivity index (χ3n) is 3.16. The van der Waals surface area contributed by atoms with Crippen LogP contribution in [-0.2, 0) is 0 Å². The van der Waals surface area contributed by atoms with Crippen LogP contribution < -0.4 is 0 Å². The zero-order valence-electron chi connectivity index (χ0n) is 11.0. The minimum Gasteiger partial charge on any atom is -0.215 e. The smallest absolute Gasteiger partial charge is 0.214 e. The van der Waals surface area contributed by atoms with Crippen LogP contribution in [0.2, 0.25) is 0 Å². The Bertz CT molecular complexity index is 991. The molecule has 4 aromatic rings. The lowest BCUT2D eigenvalue weighted by Gasteiger charge is -1.95. The van der Waals surface area contributed by atoms with E-state index in [1.54, 1.807) is 16.6 Å². The predicted molar refractivity (Wildman–Crippen MR) is 84.3 cm³/mol. The Morgan fingerprint density at radius 1 is 1.18 bits per heavy atom. The van der Waals surface area contributed by atoms with Gasteiger partial charge in [0.1, 0.15) is 22.6 Å². The van der Waals surface area contributed by atoms with Crippen molar-refractivity contribution in [3.8, 4) is 27.2 Å². The summed E-state index contributed by atoms with van der Waals surface area (Å²) in [5, 5.41) is 16.5. The Hall–Kier alpha value is -2.56.